The van der Waals surface area contributed by atoms with E-state index in [0.717, 1.165) is 41.2 Å². The van der Waals surface area contributed by atoms with E-state index in [4.69, 9.17) is 0 Å². The van der Waals surface area contributed by atoms with Gasteiger partial charge in [0.05, 0.1) is 11.1 Å². The number of halogens is 6. The maximum atomic E-state index is 12.9. The minimum absolute atomic E-state index is 0.0930. The third-order valence-electron chi connectivity index (χ3n) is 6.88. The smallest absolute Gasteiger partial charge is 0.373 e. The van der Waals surface area contributed by atoms with Gasteiger partial charge in [-0.05, 0) is 88.3 Å². The van der Waals surface area contributed by atoms with Crippen molar-refractivity contribution in [3.8, 4) is 0 Å². The summed E-state index contributed by atoms with van der Waals surface area (Å²) in [6.07, 6.45) is -1.93. The van der Waals surface area contributed by atoms with Crippen LogP contribution in [0.5, 0.6) is 0 Å². The van der Waals surface area contributed by atoms with E-state index >= 15 is 0 Å². The molecule has 2 saturated carbocycles. The highest BCUT2D eigenvalue weighted by Gasteiger charge is 2.36. The van der Waals surface area contributed by atoms with Crippen LogP contribution in [-0.2, 0) is 25.9 Å². The van der Waals surface area contributed by atoms with Gasteiger partial charge in [0.2, 0.25) is 0 Å². The van der Waals surface area contributed by atoms with Crippen LogP contribution in [0.2, 0.25) is 0 Å². The van der Waals surface area contributed by atoms with Gasteiger partial charge in [0, 0.05) is 40.3 Å². The summed E-state index contributed by atoms with van der Waals surface area (Å²) < 4.78 is 79.4. The number of aryl methyl sites for hydroxylation is 1. The Morgan fingerprint density at radius 2 is 1.51 bits per heavy atom. The summed E-state index contributed by atoms with van der Waals surface area (Å²) in [5.41, 5.74) is -1.21. The zero-order chi connectivity index (χ0) is 29.0. The van der Waals surface area contributed by atoms with E-state index in [1.54, 1.807) is 20.0 Å². The molecule has 0 saturated heterocycles. The molecule has 0 bridgehead atoms. The standard InChI is InChI=1S/C19H22F6N4.C9H17N/c1-11(5-16-17(26-3)29(4)12(2)28-16)9-27-10-13-6-14(18(20,21)22)8-15(7-13)19(23,24)25;1-10(6-8-2-3-8)7-9-4-5-9/h5-8,26-27H,9-10H2,1-4H3;8-9H,2-7H2,1H3/b11-5+;. The van der Waals surface area contributed by atoms with Crippen molar-refractivity contribution < 1.29 is 26.3 Å². The largest absolute Gasteiger partial charge is 0.416 e. The molecule has 2 aromatic rings. The van der Waals surface area contributed by atoms with Crippen LogP contribution in [0.3, 0.4) is 0 Å². The van der Waals surface area contributed by atoms with Crippen molar-refractivity contribution in [2.45, 2.75) is 58.4 Å². The highest BCUT2D eigenvalue weighted by molar-refractivity contribution is 5.62. The molecular formula is C28H39F6N5. The lowest BCUT2D eigenvalue weighted by atomic mass is 10.0. The first kappa shape index (κ1) is 31.0. The van der Waals surface area contributed by atoms with E-state index < -0.39 is 23.5 Å². The van der Waals surface area contributed by atoms with Crippen molar-refractivity contribution in [3.05, 3.63) is 52.0 Å². The van der Waals surface area contributed by atoms with E-state index in [0.29, 0.717) is 5.69 Å². The summed E-state index contributed by atoms with van der Waals surface area (Å²) >= 11 is 0. The number of alkyl halides is 6. The van der Waals surface area contributed by atoms with Gasteiger partial charge in [-0.15, -0.1) is 0 Å². The van der Waals surface area contributed by atoms with Gasteiger partial charge in [-0.2, -0.15) is 26.3 Å². The molecule has 2 aliphatic carbocycles. The molecule has 0 aliphatic heterocycles. The van der Waals surface area contributed by atoms with Crippen molar-refractivity contribution >= 4 is 11.9 Å². The minimum atomic E-state index is -4.85. The second kappa shape index (κ2) is 12.8. The predicted molar refractivity (Wildman–Crippen MR) is 142 cm³/mol. The van der Waals surface area contributed by atoms with Crippen LogP contribution in [0, 0.1) is 18.8 Å². The normalized spacial score (nSPS) is 16.4. The Balaban J connectivity index is 0.000000346. The number of anilines is 1. The summed E-state index contributed by atoms with van der Waals surface area (Å²) in [6.45, 7) is 6.52. The van der Waals surface area contributed by atoms with E-state index in [9.17, 15) is 26.3 Å². The number of hydrogen-bond acceptors (Lipinski definition) is 4. The fraction of sp³-hybridized carbons (Fsp3) is 0.607. The Kier molecular flexibility index (Phi) is 10.1. The molecule has 0 spiro atoms. The number of hydrogen-bond donors (Lipinski definition) is 2. The van der Waals surface area contributed by atoms with Crippen LogP contribution in [0.15, 0.2) is 23.8 Å². The maximum Gasteiger partial charge on any atom is 0.416 e. The molecule has 11 heteroatoms. The van der Waals surface area contributed by atoms with Crippen molar-refractivity contribution in [1.82, 2.24) is 19.8 Å². The first-order valence-corrected chi connectivity index (χ1v) is 13.2. The number of nitrogens with one attached hydrogen (secondary N) is 2. The monoisotopic (exact) mass is 559 g/mol. The number of nitrogens with zero attached hydrogens (tertiary/aromatic N) is 3. The first-order valence-electron chi connectivity index (χ1n) is 13.2. The van der Waals surface area contributed by atoms with Gasteiger partial charge in [0.1, 0.15) is 17.3 Å². The van der Waals surface area contributed by atoms with Crippen LogP contribution in [0.4, 0.5) is 32.2 Å². The van der Waals surface area contributed by atoms with Gasteiger partial charge in [-0.3, -0.25) is 0 Å². The molecule has 2 N–H and O–H groups in total. The predicted octanol–water partition coefficient (Wildman–Crippen LogP) is 6.74. The number of aromatic nitrogens is 2. The van der Waals surface area contributed by atoms with E-state index in [1.807, 2.05) is 18.5 Å². The molecule has 39 heavy (non-hydrogen) atoms. The first-order chi connectivity index (χ1) is 18.2. The highest BCUT2D eigenvalue weighted by Crippen LogP contribution is 2.36. The molecule has 218 valence electrons. The zero-order valence-corrected chi connectivity index (χ0v) is 23.2. The molecule has 0 amide bonds. The van der Waals surface area contributed by atoms with Crippen LogP contribution >= 0.6 is 0 Å². The van der Waals surface area contributed by atoms with Gasteiger partial charge in [0.25, 0.3) is 0 Å². The van der Waals surface area contributed by atoms with Crippen LogP contribution in [0.25, 0.3) is 6.08 Å². The van der Waals surface area contributed by atoms with Crippen molar-refractivity contribution in [2.24, 2.45) is 18.9 Å². The summed E-state index contributed by atoms with van der Waals surface area (Å²) in [6, 6.07) is 1.57. The van der Waals surface area contributed by atoms with Crippen molar-refractivity contribution in [1.29, 1.82) is 0 Å². The highest BCUT2D eigenvalue weighted by atomic mass is 19.4. The van der Waals surface area contributed by atoms with E-state index in [-0.39, 0.29) is 24.7 Å². The number of rotatable bonds is 10. The van der Waals surface area contributed by atoms with Crippen LogP contribution in [0.1, 0.15) is 60.8 Å². The Morgan fingerprint density at radius 3 is 1.95 bits per heavy atom. The molecule has 1 aromatic heterocycles. The Hall–Kier alpha value is -2.53. The van der Waals surface area contributed by atoms with Crippen LogP contribution in [-0.4, -0.2) is 48.2 Å². The van der Waals surface area contributed by atoms with Gasteiger partial charge in [-0.25, -0.2) is 4.98 Å². The molecular weight excluding hydrogens is 520 g/mol. The molecule has 1 heterocycles. The second-order valence-electron chi connectivity index (χ2n) is 10.8. The SMILES string of the molecule is CN(CC1CC1)CC1CC1.CNc1c(/C=C(\C)CNCc2cc(C(F)(F)F)cc(C(F)(F)F)c2)nc(C)n1C. The summed E-state index contributed by atoms with van der Waals surface area (Å²) in [5.74, 6) is 3.74. The van der Waals surface area contributed by atoms with Gasteiger partial charge >= 0.3 is 12.4 Å². The lowest BCUT2D eigenvalue weighted by molar-refractivity contribution is -0.143. The molecule has 0 unspecified atom stereocenters. The van der Waals surface area contributed by atoms with E-state index in [2.05, 4.69) is 27.6 Å². The quantitative estimate of drug-likeness (QED) is 0.317. The second-order valence-corrected chi connectivity index (χ2v) is 10.8. The van der Waals surface area contributed by atoms with Crippen LogP contribution < -0.4 is 10.6 Å². The summed E-state index contributed by atoms with van der Waals surface area (Å²) in [4.78, 5) is 6.93. The number of imidazole rings is 1. The molecule has 0 radical (unpaired) electrons. The van der Waals surface area contributed by atoms with Gasteiger partial charge in [0.15, 0.2) is 0 Å². The average molecular weight is 560 g/mol. The van der Waals surface area contributed by atoms with E-state index in [1.165, 1.54) is 38.8 Å². The molecule has 0 atom stereocenters. The fourth-order valence-electron chi connectivity index (χ4n) is 4.40. The molecule has 2 aliphatic rings. The lowest BCUT2D eigenvalue weighted by Crippen LogP contribution is -2.23. The molecule has 2 fully saturated rings. The molecule has 4 rings (SSSR count). The summed E-state index contributed by atoms with van der Waals surface area (Å²) in [5, 5.41) is 5.92. The third-order valence-corrected chi connectivity index (χ3v) is 6.88. The Bertz CT molecular complexity index is 1080. The Labute approximate surface area is 226 Å². The van der Waals surface area contributed by atoms with Crippen molar-refractivity contribution in [3.63, 3.8) is 0 Å². The number of benzene rings is 1. The Morgan fingerprint density at radius 1 is 1.00 bits per heavy atom. The molecule has 1 aromatic carbocycles. The van der Waals surface area contributed by atoms with Crippen molar-refractivity contribution in [2.75, 3.05) is 39.0 Å². The fourth-order valence-corrected chi connectivity index (χ4v) is 4.40. The molecule has 5 nitrogen and oxygen atoms in total. The minimum Gasteiger partial charge on any atom is -0.373 e. The average Bonchev–Trinajstić information content (AvgIpc) is 3.76. The van der Waals surface area contributed by atoms with Gasteiger partial charge in [-0.1, -0.05) is 5.57 Å². The third kappa shape index (κ3) is 9.86. The zero-order valence-electron chi connectivity index (χ0n) is 23.2. The maximum absolute atomic E-state index is 12.9. The lowest BCUT2D eigenvalue weighted by Gasteiger charge is -2.14. The topological polar surface area (TPSA) is 45.1 Å². The summed E-state index contributed by atoms with van der Waals surface area (Å²) in [7, 11) is 5.88. The van der Waals surface area contributed by atoms with Gasteiger partial charge < -0.3 is 20.1 Å².